The SMILES string of the molecule is Cc1ccc(NC(=O)C2(c3cccc(Cl)c3)CCOCC2)nc1. The number of aryl methyl sites for hydroxylation is 1. The van der Waals surface area contributed by atoms with Gasteiger partial charge in [0, 0.05) is 24.4 Å². The van der Waals surface area contributed by atoms with Gasteiger partial charge in [0.25, 0.3) is 0 Å². The van der Waals surface area contributed by atoms with Crippen molar-refractivity contribution in [3.05, 3.63) is 58.7 Å². The van der Waals surface area contributed by atoms with Crippen molar-refractivity contribution in [2.24, 2.45) is 0 Å². The van der Waals surface area contributed by atoms with Crippen molar-refractivity contribution in [1.82, 2.24) is 4.98 Å². The Balaban J connectivity index is 1.92. The van der Waals surface area contributed by atoms with Crippen LogP contribution >= 0.6 is 11.6 Å². The number of ether oxygens (including phenoxy) is 1. The lowest BCUT2D eigenvalue weighted by Crippen LogP contribution is -2.45. The van der Waals surface area contributed by atoms with Crippen LogP contribution in [0.25, 0.3) is 0 Å². The highest BCUT2D eigenvalue weighted by molar-refractivity contribution is 6.30. The molecule has 2 aromatic rings. The van der Waals surface area contributed by atoms with E-state index in [1.807, 2.05) is 43.3 Å². The molecule has 0 radical (unpaired) electrons. The second kappa shape index (κ2) is 6.69. The Morgan fingerprint density at radius 1 is 1.26 bits per heavy atom. The molecule has 1 aromatic heterocycles. The van der Waals surface area contributed by atoms with E-state index in [-0.39, 0.29) is 5.91 Å². The van der Waals surface area contributed by atoms with Crippen LogP contribution in [0.15, 0.2) is 42.6 Å². The predicted molar refractivity (Wildman–Crippen MR) is 90.8 cm³/mol. The lowest BCUT2D eigenvalue weighted by Gasteiger charge is -2.36. The van der Waals surface area contributed by atoms with Crippen LogP contribution in [0.2, 0.25) is 5.02 Å². The van der Waals surface area contributed by atoms with Gasteiger partial charge in [-0.2, -0.15) is 0 Å². The second-order valence-corrected chi connectivity index (χ2v) is 6.32. The molecule has 2 heterocycles. The van der Waals surface area contributed by atoms with Crippen molar-refractivity contribution >= 4 is 23.3 Å². The third kappa shape index (κ3) is 3.38. The van der Waals surface area contributed by atoms with Crippen LogP contribution in [0.3, 0.4) is 0 Å². The smallest absolute Gasteiger partial charge is 0.236 e. The molecule has 1 aliphatic rings. The Bertz CT molecular complexity index is 694. The van der Waals surface area contributed by atoms with E-state index in [0.717, 1.165) is 11.1 Å². The summed E-state index contributed by atoms with van der Waals surface area (Å²) < 4.78 is 5.46. The van der Waals surface area contributed by atoms with Crippen LogP contribution in [-0.2, 0) is 14.9 Å². The first kappa shape index (κ1) is 16.0. The molecule has 3 rings (SSSR count). The molecule has 0 bridgehead atoms. The minimum absolute atomic E-state index is 0.0561. The Hall–Kier alpha value is -1.91. The molecule has 1 aliphatic heterocycles. The van der Waals surface area contributed by atoms with Crippen LogP contribution in [0.4, 0.5) is 5.82 Å². The van der Waals surface area contributed by atoms with Gasteiger partial charge in [-0.15, -0.1) is 0 Å². The summed E-state index contributed by atoms with van der Waals surface area (Å²) in [5.41, 5.74) is 1.35. The molecule has 0 aliphatic carbocycles. The number of carbonyl (C=O) groups excluding carboxylic acids is 1. The monoisotopic (exact) mass is 330 g/mol. The van der Waals surface area contributed by atoms with Crippen molar-refractivity contribution in [3.63, 3.8) is 0 Å². The van der Waals surface area contributed by atoms with Crippen LogP contribution in [-0.4, -0.2) is 24.1 Å². The largest absolute Gasteiger partial charge is 0.381 e. The van der Waals surface area contributed by atoms with Gasteiger partial charge in [0.05, 0.1) is 5.41 Å². The summed E-state index contributed by atoms with van der Waals surface area (Å²) in [7, 11) is 0. The number of pyridine rings is 1. The summed E-state index contributed by atoms with van der Waals surface area (Å²) in [6.07, 6.45) is 3.00. The lowest BCUT2D eigenvalue weighted by atomic mass is 9.73. The number of nitrogens with zero attached hydrogens (tertiary/aromatic N) is 1. The number of amides is 1. The fraction of sp³-hybridized carbons (Fsp3) is 0.333. The third-order valence-corrected chi connectivity index (χ3v) is 4.55. The maximum absolute atomic E-state index is 13.0. The van der Waals surface area contributed by atoms with Gasteiger partial charge >= 0.3 is 0 Å². The second-order valence-electron chi connectivity index (χ2n) is 5.88. The molecule has 1 N–H and O–H groups in total. The molecule has 0 spiro atoms. The van der Waals surface area contributed by atoms with Gasteiger partial charge in [-0.3, -0.25) is 4.79 Å². The number of halogens is 1. The first-order valence-electron chi connectivity index (χ1n) is 7.68. The number of nitrogens with one attached hydrogen (secondary N) is 1. The van der Waals surface area contributed by atoms with Gasteiger partial charge in [0.15, 0.2) is 0 Å². The predicted octanol–water partition coefficient (Wildman–Crippen LogP) is 3.73. The zero-order valence-corrected chi connectivity index (χ0v) is 13.8. The van der Waals surface area contributed by atoms with Gasteiger partial charge in [-0.05, 0) is 49.1 Å². The Labute approximate surface area is 140 Å². The van der Waals surface area contributed by atoms with E-state index in [2.05, 4.69) is 10.3 Å². The van der Waals surface area contributed by atoms with Crippen LogP contribution in [0.1, 0.15) is 24.0 Å². The molecule has 0 saturated carbocycles. The molecule has 1 aromatic carbocycles. The first-order chi connectivity index (χ1) is 11.1. The van der Waals surface area contributed by atoms with Crippen molar-refractivity contribution in [1.29, 1.82) is 0 Å². The minimum Gasteiger partial charge on any atom is -0.381 e. The van der Waals surface area contributed by atoms with Crippen molar-refractivity contribution in [2.45, 2.75) is 25.2 Å². The van der Waals surface area contributed by atoms with Gasteiger partial charge in [-0.25, -0.2) is 4.98 Å². The number of rotatable bonds is 3. The number of benzene rings is 1. The average molecular weight is 331 g/mol. The Morgan fingerprint density at radius 3 is 2.70 bits per heavy atom. The average Bonchev–Trinajstić information content (AvgIpc) is 2.57. The molecule has 120 valence electrons. The lowest BCUT2D eigenvalue weighted by molar-refractivity contribution is -0.125. The molecule has 1 fully saturated rings. The highest BCUT2D eigenvalue weighted by Gasteiger charge is 2.42. The highest BCUT2D eigenvalue weighted by Crippen LogP contribution is 2.37. The van der Waals surface area contributed by atoms with E-state index in [1.165, 1.54) is 0 Å². The quantitative estimate of drug-likeness (QED) is 0.933. The summed E-state index contributed by atoms with van der Waals surface area (Å²) in [5, 5.41) is 3.58. The first-order valence-corrected chi connectivity index (χ1v) is 8.06. The number of hydrogen-bond acceptors (Lipinski definition) is 3. The number of carbonyl (C=O) groups is 1. The molecule has 23 heavy (non-hydrogen) atoms. The van der Waals surface area contributed by atoms with E-state index in [0.29, 0.717) is 36.9 Å². The van der Waals surface area contributed by atoms with Gasteiger partial charge in [-0.1, -0.05) is 29.8 Å². The summed E-state index contributed by atoms with van der Waals surface area (Å²) in [6, 6.07) is 11.3. The molecule has 0 atom stereocenters. The Morgan fingerprint density at radius 2 is 2.04 bits per heavy atom. The van der Waals surface area contributed by atoms with Crippen molar-refractivity contribution in [2.75, 3.05) is 18.5 Å². The molecular weight excluding hydrogens is 312 g/mol. The fourth-order valence-corrected chi connectivity index (χ4v) is 3.12. The van der Waals surface area contributed by atoms with Gasteiger partial charge in [0.2, 0.25) is 5.91 Å². The maximum atomic E-state index is 13.0. The number of anilines is 1. The number of aromatic nitrogens is 1. The summed E-state index contributed by atoms with van der Waals surface area (Å²) >= 11 is 6.13. The summed E-state index contributed by atoms with van der Waals surface area (Å²) in [5.74, 6) is 0.507. The zero-order valence-electron chi connectivity index (χ0n) is 13.0. The third-order valence-electron chi connectivity index (χ3n) is 4.31. The molecule has 1 amide bonds. The van der Waals surface area contributed by atoms with E-state index >= 15 is 0 Å². The van der Waals surface area contributed by atoms with E-state index in [4.69, 9.17) is 16.3 Å². The van der Waals surface area contributed by atoms with Gasteiger partial charge < -0.3 is 10.1 Å². The van der Waals surface area contributed by atoms with E-state index in [9.17, 15) is 4.79 Å². The summed E-state index contributed by atoms with van der Waals surface area (Å²) in [4.78, 5) is 17.3. The van der Waals surface area contributed by atoms with Crippen molar-refractivity contribution in [3.8, 4) is 0 Å². The summed E-state index contributed by atoms with van der Waals surface area (Å²) in [6.45, 7) is 3.08. The zero-order chi connectivity index (χ0) is 16.3. The van der Waals surface area contributed by atoms with Crippen LogP contribution in [0.5, 0.6) is 0 Å². The van der Waals surface area contributed by atoms with Crippen LogP contribution < -0.4 is 5.32 Å². The maximum Gasteiger partial charge on any atom is 0.236 e. The van der Waals surface area contributed by atoms with E-state index in [1.54, 1.807) is 6.20 Å². The van der Waals surface area contributed by atoms with E-state index < -0.39 is 5.41 Å². The standard InChI is InChI=1S/C18H19ClN2O2/c1-13-5-6-16(20-12-13)21-17(22)18(7-9-23-10-8-18)14-3-2-4-15(19)11-14/h2-6,11-12H,7-10H2,1H3,(H,20,21,22). The molecule has 5 heteroatoms. The molecule has 0 unspecified atom stereocenters. The fourth-order valence-electron chi connectivity index (χ4n) is 2.93. The molecule has 1 saturated heterocycles. The normalized spacial score (nSPS) is 16.8. The highest BCUT2D eigenvalue weighted by atomic mass is 35.5. The van der Waals surface area contributed by atoms with Gasteiger partial charge in [0.1, 0.15) is 5.82 Å². The topological polar surface area (TPSA) is 51.2 Å². The molecular formula is C18H19ClN2O2. The minimum atomic E-state index is -0.629. The number of hydrogen-bond donors (Lipinski definition) is 1. The van der Waals surface area contributed by atoms with Crippen molar-refractivity contribution < 1.29 is 9.53 Å². The van der Waals surface area contributed by atoms with Crippen LogP contribution in [0, 0.1) is 6.92 Å². The molecule has 4 nitrogen and oxygen atoms in total. The Kier molecular flexibility index (Phi) is 4.64.